The summed E-state index contributed by atoms with van der Waals surface area (Å²) >= 11 is 3.37. The maximum absolute atomic E-state index is 12.1. The fourth-order valence-corrected chi connectivity index (χ4v) is 2.06. The van der Waals surface area contributed by atoms with Crippen molar-refractivity contribution in [3.8, 4) is 5.75 Å². The summed E-state index contributed by atoms with van der Waals surface area (Å²) < 4.78 is 0.989. The van der Waals surface area contributed by atoms with E-state index in [9.17, 15) is 9.90 Å². The van der Waals surface area contributed by atoms with Gasteiger partial charge >= 0.3 is 0 Å². The SMILES string of the molecule is C[C@H](NC(=O)c1ccc(N)c(O)c1)c1ccc(Br)cc1. The summed E-state index contributed by atoms with van der Waals surface area (Å²) in [5.74, 6) is -0.343. The Balaban J connectivity index is 2.10. The zero-order valence-corrected chi connectivity index (χ0v) is 12.5. The maximum Gasteiger partial charge on any atom is 0.251 e. The Morgan fingerprint density at radius 3 is 2.50 bits per heavy atom. The van der Waals surface area contributed by atoms with Gasteiger partial charge < -0.3 is 16.2 Å². The van der Waals surface area contributed by atoms with Gasteiger partial charge in [0.15, 0.2) is 0 Å². The van der Waals surface area contributed by atoms with Gasteiger partial charge in [0, 0.05) is 10.0 Å². The van der Waals surface area contributed by atoms with E-state index in [-0.39, 0.29) is 23.4 Å². The number of carbonyl (C=O) groups is 1. The molecule has 0 bridgehead atoms. The van der Waals surface area contributed by atoms with Gasteiger partial charge in [0.05, 0.1) is 11.7 Å². The van der Waals surface area contributed by atoms with Crippen molar-refractivity contribution in [3.63, 3.8) is 0 Å². The molecule has 2 aromatic rings. The molecule has 2 rings (SSSR count). The Kier molecular flexibility index (Phi) is 4.29. The molecular formula is C15H15BrN2O2. The third-order valence-electron chi connectivity index (χ3n) is 3.01. The molecule has 20 heavy (non-hydrogen) atoms. The molecule has 0 saturated heterocycles. The summed E-state index contributed by atoms with van der Waals surface area (Å²) in [5, 5.41) is 12.4. The lowest BCUT2D eigenvalue weighted by Crippen LogP contribution is -2.26. The lowest BCUT2D eigenvalue weighted by molar-refractivity contribution is 0.0939. The van der Waals surface area contributed by atoms with Crippen molar-refractivity contribution >= 4 is 27.5 Å². The van der Waals surface area contributed by atoms with E-state index in [0.29, 0.717) is 5.56 Å². The van der Waals surface area contributed by atoms with Crippen LogP contribution in [-0.4, -0.2) is 11.0 Å². The molecule has 0 aromatic heterocycles. The van der Waals surface area contributed by atoms with E-state index in [1.165, 1.54) is 12.1 Å². The second-order valence-corrected chi connectivity index (χ2v) is 5.44. The van der Waals surface area contributed by atoms with Crippen LogP contribution < -0.4 is 11.1 Å². The number of hydrogen-bond acceptors (Lipinski definition) is 3. The average molecular weight is 335 g/mol. The van der Waals surface area contributed by atoms with E-state index < -0.39 is 0 Å². The van der Waals surface area contributed by atoms with Gasteiger partial charge in [0.1, 0.15) is 5.75 Å². The summed E-state index contributed by atoms with van der Waals surface area (Å²) in [6.07, 6.45) is 0. The van der Waals surface area contributed by atoms with Gasteiger partial charge in [0.2, 0.25) is 0 Å². The number of halogens is 1. The van der Waals surface area contributed by atoms with Crippen LogP contribution in [0.15, 0.2) is 46.9 Å². The Hall–Kier alpha value is -2.01. The molecule has 2 aromatic carbocycles. The van der Waals surface area contributed by atoms with Gasteiger partial charge in [-0.05, 0) is 42.8 Å². The number of nitrogens with one attached hydrogen (secondary N) is 1. The number of carbonyl (C=O) groups excluding carboxylic acids is 1. The highest BCUT2D eigenvalue weighted by molar-refractivity contribution is 9.10. The highest BCUT2D eigenvalue weighted by Gasteiger charge is 2.12. The fourth-order valence-electron chi connectivity index (χ4n) is 1.80. The highest BCUT2D eigenvalue weighted by atomic mass is 79.9. The molecule has 0 radical (unpaired) electrons. The predicted molar refractivity (Wildman–Crippen MR) is 82.5 cm³/mol. The number of nitrogens with two attached hydrogens (primary N) is 1. The molecule has 5 heteroatoms. The maximum atomic E-state index is 12.1. The topological polar surface area (TPSA) is 75.4 Å². The molecule has 0 heterocycles. The van der Waals surface area contributed by atoms with E-state index in [1.54, 1.807) is 6.07 Å². The second-order valence-electron chi connectivity index (χ2n) is 4.52. The number of benzene rings is 2. The van der Waals surface area contributed by atoms with Crippen molar-refractivity contribution in [2.75, 3.05) is 5.73 Å². The van der Waals surface area contributed by atoms with E-state index in [1.807, 2.05) is 31.2 Å². The minimum Gasteiger partial charge on any atom is -0.506 e. The zero-order valence-electron chi connectivity index (χ0n) is 10.9. The molecule has 0 aliphatic heterocycles. The van der Waals surface area contributed by atoms with Crippen molar-refractivity contribution in [3.05, 3.63) is 58.1 Å². The predicted octanol–water partition coefficient (Wildman–Crippen LogP) is 3.23. The smallest absolute Gasteiger partial charge is 0.251 e. The summed E-state index contributed by atoms with van der Waals surface area (Å²) in [7, 11) is 0. The van der Waals surface area contributed by atoms with Gasteiger partial charge in [-0.3, -0.25) is 4.79 Å². The van der Waals surface area contributed by atoms with Crippen molar-refractivity contribution in [1.29, 1.82) is 0 Å². The molecule has 4 N–H and O–H groups in total. The summed E-state index contributed by atoms with van der Waals surface area (Å²) in [4.78, 5) is 12.1. The first-order chi connectivity index (χ1) is 9.47. The van der Waals surface area contributed by atoms with Crippen molar-refractivity contribution in [2.45, 2.75) is 13.0 Å². The van der Waals surface area contributed by atoms with Crippen LogP contribution in [0.5, 0.6) is 5.75 Å². The van der Waals surface area contributed by atoms with E-state index in [4.69, 9.17) is 5.73 Å². The molecule has 1 atom stereocenters. The zero-order chi connectivity index (χ0) is 14.7. The van der Waals surface area contributed by atoms with Crippen LogP contribution in [0.25, 0.3) is 0 Å². The highest BCUT2D eigenvalue weighted by Crippen LogP contribution is 2.21. The van der Waals surface area contributed by atoms with Crippen LogP contribution in [0.4, 0.5) is 5.69 Å². The number of amides is 1. The van der Waals surface area contributed by atoms with Crippen LogP contribution in [0.3, 0.4) is 0 Å². The molecule has 0 fully saturated rings. The fraction of sp³-hybridized carbons (Fsp3) is 0.133. The largest absolute Gasteiger partial charge is 0.506 e. The number of hydrogen-bond donors (Lipinski definition) is 3. The van der Waals surface area contributed by atoms with Gasteiger partial charge in [-0.25, -0.2) is 0 Å². The standard InChI is InChI=1S/C15H15BrN2O2/c1-9(10-2-5-12(16)6-3-10)18-15(20)11-4-7-13(17)14(19)8-11/h2-9,19H,17H2,1H3,(H,18,20)/t9-/m0/s1. The van der Waals surface area contributed by atoms with Gasteiger partial charge in [0.25, 0.3) is 5.91 Å². The Morgan fingerprint density at radius 1 is 1.25 bits per heavy atom. The summed E-state index contributed by atoms with van der Waals surface area (Å²) in [6.45, 7) is 1.90. The minimum atomic E-state index is -0.254. The summed E-state index contributed by atoms with van der Waals surface area (Å²) in [5.41, 5.74) is 7.14. The number of phenols is 1. The normalized spacial score (nSPS) is 11.9. The second kappa shape index (κ2) is 5.96. The van der Waals surface area contributed by atoms with E-state index in [2.05, 4.69) is 21.2 Å². The Bertz CT molecular complexity index is 626. The number of nitrogen functional groups attached to an aromatic ring is 1. The van der Waals surface area contributed by atoms with Crippen LogP contribution in [0.1, 0.15) is 28.9 Å². The molecule has 0 aliphatic carbocycles. The van der Waals surface area contributed by atoms with Crippen molar-refractivity contribution in [2.24, 2.45) is 0 Å². The lowest BCUT2D eigenvalue weighted by atomic mass is 10.1. The molecule has 4 nitrogen and oxygen atoms in total. The molecule has 104 valence electrons. The van der Waals surface area contributed by atoms with Crippen LogP contribution in [-0.2, 0) is 0 Å². The first-order valence-electron chi connectivity index (χ1n) is 6.12. The third-order valence-corrected chi connectivity index (χ3v) is 3.54. The lowest BCUT2D eigenvalue weighted by Gasteiger charge is -2.14. The van der Waals surface area contributed by atoms with Crippen LogP contribution in [0.2, 0.25) is 0 Å². The number of aromatic hydroxyl groups is 1. The van der Waals surface area contributed by atoms with E-state index in [0.717, 1.165) is 10.0 Å². The number of phenolic OH excluding ortho intramolecular Hbond substituents is 1. The first-order valence-corrected chi connectivity index (χ1v) is 6.91. The minimum absolute atomic E-state index is 0.0889. The van der Waals surface area contributed by atoms with Crippen molar-refractivity contribution in [1.82, 2.24) is 5.32 Å². The molecule has 1 amide bonds. The average Bonchev–Trinajstić information content (AvgIpc) is 2.42. The van der Waals surface area contributed by atoms with Crippen LogP contribution >= 0.6 is 15.9 Å². The van der Waals surface area contributed by atoms with Crippen LogP contribution in [0, 0.1) is 0 Å². The van der Waals surface area contributed by atoms with Gasteiger partial charge in [-0.2, -0.15) is 0 Å². The van der Waals surface area contributed by atoms with Gasteiger partial charge in [-0.1, -0.05) is 28.1 Å². The third kappa shape index (κ3) is 3.30. The molecule has 0 unspecified atom stereocenters. The molecule has 0 spiro atoms. The monoisotopic (exact) mass is 334 g/mol. The quantitative estimate of drug-likeness (QED) is 0.595. The molecule has 0 saturated carbocycles. The summed E-state index contributed by atoms with van der Waals surface area (Å²) in [6, 6.07) is 12.0. The molecular weight excluding hydrogens is 320 g/mol. The Morgan fingerprint density at radius 2 is 1.90 bits per heavy atom. The number of rotatable bonds is 3. The number of anilines is 1. The molecule has 0 aliphatic rings. The van der Waals surface area contributed by atoms with Gasteiger partial charge in [-0.15, -0.1) is 0 Å². The van der Waals surface area contributed by atoms with E-state index >= 15 is 0 Å². The first kappa shape index (κ1) is 14.4. The van der Waals surface area contributed by atoms with Crippen molar-refractivity contribution < 1.29 is 9.90 Å². The Labute approximate surface area is 125 Å².